The topological polar surface area (TPSA) is 21.3 Å². The highest BCUT2D eigenvalue weighted by Gasteiger charge is 2.40. The van der Waals surface area contributed by atoms with Crippen molar-refractivity contribution in [2.24, 2.45) is 17.8 Å². The second-order valence-corrected chi connectivity index (χ2v) is 5.04. The lowest BCUT2D eigenvalue weighted by Gasteiger charge is -2.18. The second kappa shape index (κ2) is 4.63. The van der Waals surface area contributed by atoms with Gasteiger partial charge in [-0.25, -0.2) is 0 Å². The van der Waals surface area contributed by atoms with Gasteiger partial charge in [0.15, 0.2) is 0 Å². The minimum atomic E-state index is 0.356. The minimum Gasteiger partial charge on any atom is -0.380 e. The van der Waals surface area contributed by atoms with E-state index in [4.69, 9.17) is 4.74 Å². The summed E-state index contributed by atoms with van der Waals surface area (Å²) in [6.45, 7) is 4.35. The summed E-state index contributed by atoms with van der Waals surface area (Å²) in [6, 6.07) is 0. The fraction of sp³-hybridized carbons (Fsp3) is 1.00. The Bertz CT molecular complexity index is 163. The van der Waals surface area contributed by atoms with Gasteiger partial charge in [-0.15, -0.1) is 0 Å². The average Bonchev–Trinajstić information content (AvgIpc) is 3.03. The highest BCUT2D eigenvalue weighted by Crippen LogP contribution is 2.48. The van der Waals surface area contributed by atoms with Crippen molar-refractivity contribution < 1.29 is 4.74 Å². The molecule has 1 N–H and O–H groups in total. The number of hydrogen-bond acceptors (Lipinski definition) is 2. The summed E-state index contributed by atoms with van der Waals surface area (Å²) in [5.74, 6) is 3.11. The van der Waals surface area contributed by atoms with Gasteiger partial charge in [0.05, 0.1) is 6.10 Å². The molecule has 1 atom stereocenters. The lowest BCUT2D eigenvalue weighted by atomic mass is 9.98. The van der Waals surface area contributed by atoms with E-state index in [0.29, 0.717) is 6.10 Å². The van der Waals surface area contributed by atoms with Crippen LogP contribution in [0.3, 0.4) is 0 Å². The van der Waals surface area contributed by atoms with Crippen molar-refractivity contribution in [2.75, 3.05) is 20.2 Å². The molecule has 2 aliphatic carbocycles. The van der Waals surface area contributed by atoms with Crippen molar-refractivity contribution in [3.63, 3.8) is 0 Å². The molecule has 2 fully saturated rings. The Morgan fingerprint density at radius 1 is 1.14 bits per heavy atom. The van der Waals surface area contributed by atoms with Gasteiger partial charge in [-0.1, -0.05) is 0 Å². The van der Waals surface area contributed by atoms with E-state index in [1.54, 1.807) is 7.11 Å². The molecule has 2 rings (SSSR count). The predicted octanol–water partition coefficient (Wildman–Crippen LogP) is 2.05. The minimum absolute atomic E-state index is 0.356. The smallest absolute Gasteiger partial charge is 0.0667 e. The van der Waals surface area contributed by atoms with Crippen LogP contribution in [0.5, 0.6) is 0 Å². The summed E-state index contributed by atoms with van der Waals surface area (Å²) in [6.07, 6.45) is 6.31. The molecule has 2 saturated carbocycles. The number of ether oxygens (including phenoxy) is 1. The van der Waals surface area contributed by atoms with E-state index >= 15 is 0 Å². The van der Waals surface area contributed by atoms with Crippen LogP contribution in [0.4, 0.5) is 0 Å². The van der Waals surface area contributed by atoms with Crippen LogP contribution >= 0.6 is 0 Å². The molecule has 0 spiro atoms. The van der Waals surface area contributed by atoms with Crippen molar-refractivity contribution in [3.05, 3.63) is 0 Å². The number of rotatable bonds is 7. The zero-order valence-corrected chi connectivity index (χ0v) is 9.46. The summed E-state index contributed by atoms with van der Waals surface area (Å²) in [5.41, 5.74) is 0. The summed E-state index contributed by atoms with van der Waals surface area (Å²) in [5, 5.41) is 3.55. The van der Waals surface area contributed by atoms with Gasteiger partial charge >= 0.3 is 0 Å². The van der Waals surface area contributed by atoms with Crippen LogP contribution in [0.25, 0.3) is 0 Å². The van der Waals surface area contributed by atoms with Crippen molar-refractivity contribution in [1.29, 1.82) is 0 Å². The van der Waals surface area contributed by atoms with Crippen LogP contribution in [0.15, 0.2) is 0 Å². The first-order valence-corrected chi connectivity index (χ1v) is 6.04. The Labute approximate surface area is 87.4 Å². The van der Waals surface area contributed by atoms with Crippen LogP contribution in [0.1, 0.15) is 32.6 Å². The van der Waals surface area contributed by atoms with E-state index < -0.39 is 0 Å². The van der Waals surface area contributed by atoms with Gasteiger partial charge in [0, 0.05) is 13.7 Å². The predicted molar refractivity (Wildman–Crippen MR) is 58.3 cm³/mol. The van der Waals surface area contributed by atoms with Gasteiger partial charge in [0.1, 0.15) is 0 Å². The van der Waals surface area contributed by atoms with Gasteiger partial charge in [-0.05, 0) is 56.9 Å². The molecule has 0 aromatic rings. The first-order valence-electron chi connectivity index (χ1n) is 6.04. The lowest BCUT2D eigenvalue weighted by molar-refractivity contribution is 0.115. The van der Waals surface area contributed by atoms with Crippen molar-refractivity contribution in [1.82, 2.24) is 5.32 Å². The molecule has 0 bridgehead atoms. The Morgan fingerprint density at radius 2 is 1.71 bits per heavy atom. The molecule has 2 aliphatic rings. The van der Waals surface area contributed by atoms with Gasteiger partial charge < -0.3 is 10.1 Å². The van der Waals surface area contributed by atoms with E-state index in [1.807, 2.05) is 0 Å². The van der Waals surface area contributed by atoms with Crippen LogP contribution in [-0.2, 0) is 4.74 Å². The second-order valence-electron chi connectivity index (χ2n) is 5.04. The number of hydrogen-bond donors (Lipinski definition) is 1. The van der Waals surface area contributed by atoms with Crippen molar-refractivity contribution in [3.8, 4) is 0 Å². The molecule has 0 aromatic carbocycles. The van der Waals surface area contributed by atoms with Crippen LogP contribution < -0.4 is 5.32 Å². The maximum atomic E-state index is 5.22. The maximum absolute atomic E-state index is 5.22. The van der Waals surface area contributed by atoms with E-state index in [1.165, 1.54) is 32.2 Å². The Hall–Kier alpha value is -0.0800. The molecule has 14 heavy (non-hydrogen) atoms. The van der Waals surface area contributed by atoms with Gasteiger partial charge in [-0.3, -0.25) is 0 Å². The number of methoxy groups -OCH3 is 1. The third-order valence-electron chi connectivity index (χ3n) is 3.67. The molecule has 0 radical (unpaired) electrons. The van der Waals surface area contributed by atoms with Crippen molar-refractivity contribution in [2.45, 2.75) is 38.7 Å². The van der Waals surface area contributed by atoms with Crippen LogP contribution in [0, 0.1) is 17.8 Å². The molecular weight excluding hydrogens is 174 g/mol. The standard InChI is InChI=1S/C12H23NO/c1-9(14-2)7-13-8-12(10-3-4-10)11-5-6-11/h9-13H,3-8H2,1-2H3. The third kappa shape index (κ3) is 2.96. The Kier molecular flexibility index (Phi) is 3.45. The first kappa shape index (κ1) is 10.4. The summed E-state index contributed by atoms with van der Waals surface area (Å²) in [7, 11) is 1.78. The van der Waals surface area contributed by atoms with E-state index in [9.17, 15) is 0 Å². The monoisotopic (exact) mass is 197 g/mol. The average molecular weight is 197 g/mol. The third-order valence-corrected chi connectivity index (χ3v) is 3.67. The molecule has 2 nitrogen and oxygen atoms in total. The van der Waals surface area contributed by atoms with Crippen LogP contribution in [0.2, 0.25) is 0 Å². The van der Waals surface area contributed by atoms with E-state index in [0.717, 1.165) is 24.3 Å². The molecule has 0 saturated heterocycles. The molecule has 1 unspecified atom stereocenters. The fourth-order valence-corrected chi connectivity index (χ4v) is 2.30. The summed E-state index contributed by atoms with van der Waals surface area (Å²) in [4.78, 5) is 0. The van der Waals surface area contributed by atoms with E-state index in [2.05, 4.69) is 12.2 Å². The van der Waals surface area contributed by atoms with Gasteiger partial charge in [0.25, 0.3) is 0 Å². The number of nitrogens with one attached hydrogen (secondary N) is 1. The maximum Gasteiger partial charge on any atom is 0.0667 e. The van der Waals surface area contributed by atoms with Gasteiger partial charge in [0.2, 0.25) is 0 Å². The molecule has 0 heterocycles. The Morgan fingerprint density at radius 3 is 2.14 bits per heavy atom. The van der Waals surface area contributed by atoms with Crippen molar-refractivity contribution >= 4 is 0 Å². The highest BCUT2D eigenvalue weighted by atomic mass is 16.5. The SMILES string of the molecule is COC(C)CNCC(C1CC1)C1CC1. The molecular formula is C12H23NO. The molecule has 2 heteroatoms. The normalized spacial score (nSPS) is 24.2. The largest absolute Gasteiger partial charge is 0.380 e. The Balaban J connectivity index is 1.62. The highest BCUT2D eigenvalue weighted by molar-refractivity contribution is 4.92. The summed E-state index contributed by atoms with van der Waals surface area (Å²) < 4.78 is 5.22. The quantitative estimate of drug-likeness (QED) is 0.674. The fourth-order valence-electron chi connectivity index (χ4n) is 2.30. The zero-order chi connectivity index (χ0) is 9.97. The zero-order valence-electron chi connectivity index (χ0n) is 9.46. The lowest BCUT2D eigenvalue weighted by Crippen LogP contribution is -2.31. The molecule has 0 aromatic heterocycles. The summed E-state index contributed by atoms with van der Waals surface area (Å²) >= 11 is 0. The molecule has 0 amide bonds. The first-order chi connectivity index (χ1) is 6.81. The van der Waals surface area contributed by atoms with E-state index in [-0.39, 0.29) is 0 Å². The van der Waals surface area contributed by atoms with Crippen LogP contribution in [-0.4, -0.2) is 26.3 Å². The van der Waals surface area contributed by atoms with Gasteiger partial charge in [-0.2, -0.15) is 0 Å². The molecule has 0 aliphatic heterocycles. The molecule has 82 valence electrons.